The first-order valence-corrected chi connectivity index (χ1v) is 6.77. The van der Waals surface area contributed by atoms with E-state index in [0.29, 0.717) is 0 Å². The van der Waals surface area contributed by atoms with Crippen LogP contribution in [0.1, 0.15) is 46.0 Å². The van der Waals surface area contributed by atoms with Gasteiger partial charge in [-0.1, -0.05) is 19.8 Å². The van der Waals surface area contributed by atoms with E-state index >= 15 is 0 Å². The van der Waals surface area contributed by atoms with Crippen molar-refractivity contribution in [1.82, 2.24) is 10.2 Å². The summed E-state index contributed by atoms with van der Waals surface area (Å²) in [7, 11) is 0. The van der Waals surface area contributed by atoms with Crippen LogP contribution in [0, 0.1) is 5.92 Å². The van der Waals surface area contributed by atoms with E-state index in [2.05, 4.69) is 24.1 Å². The van der Waals surface area contributed by atoms with Gasteiger partial charge < -0.3 is 5.32 Å². The molecule has 1 heterocycles. The Labute approximate surface area is 94.4 Å². The van der Waals surface area contributed by atoms with Gasteiger partial charge in [-0.25, -0.2) is 0 Å². The minimum Gasteiger partial charge on any atom is -0.313 e. The van der Waals surface area contributed by atoms with E-state index in [0.717, 1.165) is 18.0 Å². The molecule has 0 amide bonds. The van der Waals surface area contributed by atoms with Gasteiger partial charge in [0, 0.05) is 25.2 Å². The Balaban J connectivity index is 1.75. The minimum absolute atomic E-state index is 0.767. The van der Waals surface area contributed by atoms with Crippen molar-refractivity contribution in [3.63, 3.8) is 0 Å². The maximum absolute atomic E-state index is 3.64. The van der Waals surface area contributed by atoms with Gasteiger partial charge in [0.05, 0.1) is 0 Å². The minimum atomic E-state index is 0.767. The summed E-state index contributed by atoms with van der Waals surface area (Å²) in [6.07, 6.45) is 7.05. The lowest BCUT2D eigenvalue weighted by Gasteiger charge is -2.27. The molecule has 88 valence electrons. The zero-order valence-electron chi connectivity index (χ0n) is 10.3. The molecule has 1 N–H and O–H groups in total. The first kappa shape index (κ1) is 11.4. The molecule has 1 saturated heterocycles. The summed E-state index contributed by atoms with van der Waals surface area (Å²) in [5.41, 5.74) is 0. The number of hydrogen-bond acceptors (Lipinski definition) is 2. The molecule has 2 nitrogen and oxygen atoms in total. The third-order valence-corrected chi connectivity index (χ3v) is 4.08. The van der Waals surface area contributed by atoms with Crippen LogP contribution in [0.25, 0.3) is 0 Å². The maximum atomic E-state index is 3.64. The first-order valence-electron chi connectivity index (χ1n) is 6.77. The predicted octanol–water partition coefficient (Wildman–Crippen LogP) is 2.25. The molecule has 2 fully saturated rings. The molecule has 2 rings (SSSR count). The van der Waals surface area contributed by atoms with Gasteiger partial charge >= 0.3 is 0 Å². The predicted molar refractivity (Wildman–Crippen MR) is 65.1 cm³/mol. The number of rotatable bonds is 4. The van der Waals surface area contributed by atoms with E-state index < -0.39 is 0 Å². The smallest absolute Gasteiger partial charge is 0.0110 e. The molecule has 1 saturated carbocycles. The first-order chi connectivity index (χ1) is 7.29. The lowest BCUT2D eigenvalue weighted by molar-refractivity contribution is 0.205. The highest BCUT2D eigenvalue weighted by Crippen LogP contribution is 2.34. The Morgan fingerprint density at radius 1 is 1.27 bits per heavy atom. The Bertz CT molecular complexity index is 189. The van der Waals surface area contributed by atoms with Gasteiger partial charge in [-0.15, -0.1) is 0 Å². The van der Waals surface area contributed by atoms with Crippen LogP contribution < -0.4 is 5.32 Å². The van der Waals surface area contributed by atoms with Crippen LogP contribution in [0.15, 0.2) is 0 Å². The molecular weight excluding hydrogens is 184 g/mol. The second-order valence-corrected chi connectivity index (χ2v) is 5.41. The normalized spacial score (nSPS) is 31.2. The van der Waals surface area contributed by atoms with Gasteiger partial charge in [-0.2, -0.15) is 0 Å². The summed E-state index contributed by atoms with van der Waals surface area (Å²) in [6.45, 7) is 8.46. The Morgan fingerprint density at radius 3 is 2.73 bits per heavy atom. The highest BCUT2D eigenvalue weighted by molar-refractivity contribution is 4.82. The van der Waals surface area contributed by atoms with Gasteiger partial charge in [0.1, 0.15) is 0 Å². The largest absolute Gasteiger partial charge is 0.313 e. The van der Waals surface area contributed by atoms with Crippen molar-refractivity contribution in [3.8, 4) is 0 Å². The molecule has 0 radical (unpaired) electrons. The number of hydrogen-bond donors (Lipinski definition) is 1. The summed E-state index contributed by atoms with van der Waals surface area (Å²) >= 11 is 0. The van der Waals surface area contributed by atoms with Crippen LogP contribution in [0.3, 0.4) is 0 Å². The fourth-order valence-electron chi connectivity index (χ4n) is 2.72. The molecule has 15 heavy (non-hydrogen) atoms. The Kier molecular flexibility index (Phi) is 4.04. The topological polar surface area (TPSA) is 15.3 Å². The molecule has 0 aromatic carbocycles. The third-order valence-electron chi connectivity index (χ3n) is 4.08. The quantitative estimate of drug-likeness (QED) is 0.765. The molecule has 2 atom stereocenters. The van der Waals surface area contributed by atoms with Crippen LogP contribution >= 0.6 is 0 Å². The van der Waals surface area contributed by atoms with E-state index in [1.807, 2.05) is 0 Å². The standard InChI is InChI=1S/C13H26N2/c1-3-13-6-8-15(9-7-14-13)11(2)10-12-4-5-12/h11-14H,3-10H2,1-2H3. The SMILES string of the molecule is CCC1CCN(C(C)CC2CC2)CCN1. The van der Waals surface area contributed by atoms with E-state index in [1.165, 1.54) is 51.7 Å². The molecule has 2 unspecified atom stereocenters. The van der Waals surface area contributed by atoms with Gasteiger partial charge in [0.25, 0.3) is 0 Å². The van der Waals surface area contributed by atoms with Gasteiger partial charge in [-0.05, 0) is 38.6 Å². The van der Waals surface area contributed by atoms with Crippen LogP contribution in [-0.4, -0.2) is 36.6 Å². The fourth-order valence-corrected chi connectivity index (χ4v) is 2.72. The van der Waals surface area contributed by atoms with Crippen molar-refractivity contribution < 1.29 is 0 Å². The molecule has 0 spiro atoms. The zero-order valence-corrected chi connectivity index (χ0v) is 10.3. The summed E-state index contributed by atoms with van der Waals surface area (Å²) in [6, 6.07) is 1.58. The van der Waals surface area contributed by atoms with Crippen molar-refractivity contribution >= 4 is 0 Å². The van der Waals surface area contributed by atoms with Crippen molar-refractivity contribution in [1.29, 1.82) is 0 Å². The average molecular weight is 210 g/mol. The molecule has 0 aromatic rings. The summed E-state index contributed by atoms with van der Waals surface area (Å²) in [5.74, 6) is 1.07. The Hall–Kier alpha value is -0.0800. The highest BCUT2D eigenvalue weighted by atomic mass is 15.2. The van der Waals surface area contributed by atoms with Crippen molar-refractivity contribution in [2.75, 3.05) is 19.6 Å². The van der Waals surface area contributed by atoms with Crippen LogP contribution in [0.4, 0.5) is 0 Å². The lowest BCUT2D eigenvalue weighted by Crippen LogP contribution is -2.36. The van der Waals surface area contributed by atoms with E-state index in [1.54, 1.807) is 0 Å². The highest BCUT2D eigenvalue weighted by Gasteiger charge is 2.27. The van der Waals surface area contributed by atoms with Crippen molar-refractivity contribution in [2.45, 2.75) is 58.0 Å². The van der Waals surface area contributed by atoms with E-state index in [4.69, 9.17) is 0 Å². The summed E-state index contributed by atoms with van der Waals surface area (Å²) < 4.78 is 0. The maximum Gasteiger partial charge on any atom is 0.0110 e. The molecule has 2 aliphatic rings. The Morgan fingerprint density at radius 2 is 2.07 bits per heavy atom. The summed E-state index contributed by atoms with van der Waals surface area (Å²) in [4.78, 5) is 2.70. The van der Waals surface area contributed by atoms with Crippen molar-refractivity contribution in [2.24, 2.45) is 5.92 Å². The van der Waals surface area contributed by atoms with Crippen LogP contribution in [0.5, 0.6) is 0 Å². The van der Waals surface area contributed by atoms with Crippen molar-refractivity contribution in [3.05, 3.63) is 0 Å². The van der Waals surface area contributed by atoms with Gasteiger partial charge in [-0.3, -0.25) is 4.90 Å². The van der Waals surface area contributed by atoms with Gasteiger partial charge in [0.2, 0.25) is 0 Å². The molecule has 1 aliphatic heterocycles. The lowest BCUT2D eigenvalue weighted by atomic mass is 10.1. The number of nitrogens with one attached hydrogen (secondary N) is 1. The second-order valence-electron chi connectivity index (χ2n) is 5.41. The fraction of sp³-hybridized carbons (Fsp3) is 1.00. The van der Waals surface area contributed by atoms with Gasteiger partial charge in [0.15, 0.2) is 0 Å². The van der Waals surface area contributed by atoms with Crippen LogP contribution in [0.2, 0.25) is 0 Å². The third kappa shape index (κ3) is 3.46. The zero-order chi connectivity index (χ0) is 10.7. The molecule has 0 aromatic heterocycles. The molecule has 1 aliphatic carbocycles. The van der Waals surface area contributed by atoms with E-state index in [-0.39, 0.29) is 0 Å². The molecular formula is C13H26N2. The molecule has 0 bridgehead atoms. The summed E-state index contributed by atoms with van der Waals surface area (Å²) in [5, 5.41) is 3.64. The van der Waals surface area contributed by atoms with E-state index in [9.17, 15) is 0 Å². The molecule has 2 heteroatoms. The average Bonchev–Trinajstić information content (AvgIpc) is 3.02. The second kappa shape index (κ2) is 5.31. The number of nitrogens with zero attached hydrogens (tertiary/aromatic N) is 1. The van der Waals surface area contributed by atoms with Crippen LogP contribution in [-0.2, 0) is 0 Å². The monoisotopic (exact) mass is 210 g/mol.